The summed E-state index contributed by atoms with van der Waals surface area (Å²) in [4.78, 5) is 28.0. The molecule has 0 fully saturated rings. The Hall–Kier alpha value is -1.80. The minimum Gasteiger partial charge on any atom is -0.545 e. The Morgan fingerprint density at radius 3 is 1.91 bits per heavy atom. The lowest BCUT2D eigenvalue weighted by Gasteiger charge is -2.14. The number of carbonyl (C=O) groups excluding carboxylic acids is 1. The van der Waals surface area contributed by atoms with Gasteiger partial charge in [-0.3, -0.25) is 5.73 Å². The van der Waals surface area contributed by atoms with E-state index in [-0.39, 0.29) is 10.0 Å². The normalized spacial score (nSPS) is 9.74. The van der Waals surface area contributed by atoms with E-state index < -0.39 is 33.1 Å². The first-order valence-corrected chi connectivity index (χ1v) is 7.08. The molecule has 4 N–H and O–H groups in total. The zero-order valence-corrected chi connectivity index (χ0v) is 14.0. The van der Waals surface area contributed by atoms with Gasteiger partial charge in [-0.25, -0.2) is 9.78 Å². The summed E-state index contributed by atoms with van der Waals surface area (Å²) in [5, 5.41) is 17.9. The zero-order valence-electron chi connectivity index (χ0n) is 10.9. The maximum absolute atomic E-state index is 10.8. The molecule has 1 aromatic heterocycles. The maximum Gasteiger partial charge on any atom is 0.386 e. The Balaban J connectivity index is 0.000000313. The van der Waals surface area contributed by atoms with Gasteiger partial charge in [-0.1, -0.05) is 51.4 Å². The van der Waals surface area contributed by atoms with Crippen LogP contribution in [-0.2, 0) is 0 Å². The summed E-state index contributed by atoms with van der Waals surface area (Å²) in [5.41, 5.74) is 3.64. The van der Waals surface area contributed by atoms with Crippen LogP contribution in [0, 0.1) is 0 Å². The number of nitrogen functional groups attached to an aromatic ring is 1. The highest BCUT2D eigenvalue weighted by atomic mass is 35.5. The number of nitrogens with zero attached hydrogens (tertiary/aromatic N) is 1. The number of anilines is 1. The first-order chi connectivity index (χ1) is 10.7. The molecule has 0 aliphatic carbocycles. The van der Waals surface area contributed by atoms with Gasteiger partial charge in [-0.2, -0.15) is 0 Å². The van der Waals surface area contributed by atoms with Crippen molar-refractivity contribution < 1.29 is 24.8 Å². The van der Waals surface area contributed by atoms with Gasteiger partial charge >= 0.3 is 11.9 Å². The topological polar surface area (TPSA) is 130 Å². The van der Waals surface area contributed by atoms with Crippen LogP contribution in [0.1, 0.15) is 20.7 Å². The third-order valence-electron chi connectivity index (χ3n) is 2.31. The van der Waals surface area contributed by atoms with Crippen LogP contribution in [0.25, 0.3) is 0 Å². The van der Waals surface area contributed by atoms with Crippen LogP contribution in [0.15, 0.2) is 18.5 Å². The Kier molecular flexibility index (Phi) is 6.83. The van der Waals surface area contributed by atoms with Gasteiger partial charge in [-0.05, 0) is 0 Å². The molecule has 0 amide bonds. The number of nitrogens with one attached hydrogen (secondary N) is 1. The van der Waals surface area contributed by atoms with Gasteiger partial charge in [0.2, 0.25) is 0 Å². The highest BCUT2D eigenvalue weighted by Crippen LogP contribution is 2.41. The van der Waals surface area contributed by atoms with Crippen molar-refractivity contribution in [3.8, 4) is 0 Å². The minimum absolute atomic E-state index is 0.323. The number of carboxylic acid groups (broad SMARTS) is 2. The molecule has 2 rings (SSSR count). The number of carboxylic acids is 2. The van der Waals surface area contributed by atoms with Crippen molar-refractivity contribution in [2.75, 3.05) is 5.73 Å². The fourth-order valence-corrected chi connectivity index (χ4v) is 2.37. The summed E-state index contributed by atoms with van der Waals surface area (Å²) < 4.78 is 0. The van der Waals surface area contributed by atoms with Crippen molar-refractivity contribution in [3.63, 3.8) is 0 Å². The lowest BCUT2D eigenvalue weighted by atomic mass is 10.1. The monoisotopic (exact) mass is 397 g/mol. The van der Waals surface area contributed by atoms with Gasteiger partial charge in [0.1, 0.15) is 6.20 Å². The number of hydrogen-bond acceptors (Lipinski definition) is 5. The number of nitrogens with two attached hydrogens (primary N) is 1. The predicted molar refractivity (Wildman–Crippen MR) is 83.0 cm³/mol. The standard InChI is InChI=1S/C8H2Cl4O4.C4H5N3/c9-3-1(7(13)14)2(8(15)16)4(10)6(12)5(3)11;5-4-6-2-1-3-7-4/h(H,13,14)(H,15,16);1-3H,(H2,5,6,7). The van der Waals surface area contributed by atoms with Gasteiger partial charge in [0.15, 0.2) is 0 Å². The zero-order chi connectivity index (χ0) is 17.7. The van der Waals surface area contributed by atoms with Crippen LogP contribution in [-0.4, -0.2) is 22.0 Å². The number of hydrogen-bond donors (Lipinski definition) is 2. The van der Waals surface area contributed by atoms with Crippen molar-refractivity contribution in [1.29, 1.82) is 0 Å². The summed E-state index contributed by atoms with van der Waals surface area (Å²) in [6.07, 6.45) is 3.36. The molecule has 7 nitrogen and oxygen atoms in total. The van der Waals surface area contributed by atoms with Crippen LogP contribution < -0.4 is 15.8 Å². The molecule has 1 aromatic carbocycles. The van der Waals surface area contributed by atoms with Gasteiger partial charge in [0.05, 0.1) is 37.8 Å². The molecule has 0 atom stereocenters. The average Bonchev–Trinajstić information content (AvgIpc) is 2.49. The van der Waals surface area contributed by atoms with E-state index in [9.17, 15) is 14.7 Å². The fourth-order valence-electron chi connectivity index (χ4n) is 1.36. The summed E-state index contributed by atoms with van der Waals surface area (Å²) in [5.74, 6) is -2.95. The van der Waals surface area contributed by atoms with Crippen LogP contribution in [0.4, 0.5) is 5.95 Å². The molecule has 23 heavy (non-hydrogen) atoms. The Morgan fingerprint density at radius 1 is 1.09 bits per heavy atom. The molecule has 0 aliphatic heterocycles. The Labute approximate surface area is 149 Å². The summed E-state index contributed by atoms with van der Waals surface area (Å²) in [6, 6.07) is 1.77. The Bertz CT molecular complexity index is 711. The second kappa shape index (κ2) is 8.16. The van der Waals surface area contributed by atoms with Gasteiger partial charge in [0.25, 0.3) is 0 Å². The van der Waals surface area contributed by atoms with Gasteiger partial charge < -0.3 is 15.0 Å². The molecule has 0 unspecified atom stereocenters. The van der Waals surface area contributed by atoms with E-state index in [1.165, 1.54) is 0 Å². The molecular formula is C12H7Cl4N3O4. The third-order valence-corrected chi connectivity index (χ3v) is 4.11. The predicted octanol–water partition coefficient (Wildman–Crippen LogP) is 1.84. The van der Waals surface area contributed by atoms with Crippen LogP contribution in [0.3, 0.4) is 0 Å². The molecule has 0 radical (unpaired) electrons. The number of rotatable bonds is 2. The first-order valence-electron chi connectivity index (χ1n) is 5.57. The third kappa shape index (κ3) is 4.59. The van der Waals surface area contributed by atoms with E-state index >= 15 is 0 Å². The van der Waals surface area contributed by atoms with E-state index in [1.807, 2.05) is 0 Å². The smallest absolute Gasteiger partial charge is 0.386 e. The molecule has 0 bridgehead atoms. The first kappa shape index (κ1) is 19.2. The van der Waals surface area contributed by atoms with E-state index in [4.69, 9.17) is 57.2 Å². The van der Waals surface area contributed by atoms with E-state index in [0.29, 0.717) is 5.95 Å². The molecular weight excluding hydrogens is 392 g/mol. The lowest BCUT2D eigenvalue weighted by Crippen LogP contribution is -2.26. The van der Waals surface area contributed by atoms with Crippen LogP contribution >= 0.6 is 46.4 Å². The molecule has 1 heterocycles. The van der Waals surface area contributed by atoms with Crippen LogP contribution in [0.2, 0.25) is 20.1 Å². The van der Waals surface area contributed by atoms with Crippen molar-refractivity contribution in [2.24, 2.45) is 0 Å². The van der Waals surface area contributed by atoms with Gasteiger partial charge in [0, 0.05) is 11.6 Å². The van der Waals surface area contributed by atoms with Crippen molar-refractivity contribution in [2.45, 2.75) is 0 Å². The number of carbonyl (C=O) groups is 2. The second-order valence-corrected chi connectivity index (χ2v) is 5.28. The van der Waals surface area contributed by atoms with E-state index in [2.05, 4.69) is 9.97 Å². The fraction of sp³-hybridized carbons (Fsp3) is 0. The van der Waals surface area contributed by atoms with E-state index in [1.54, 1.807) is 18.5 Å². The summed E-state index contributed by atoms with van der Waals surface area (Å²) in [7, 11) is 0. The number of H-pyrrole nitrogens is 1. The Morgan fingerprint density at radius 2 is 1.61 bits per heavy atom. The van der Waals surface area contributed by atoms with Gasteiger partial charge in [-0.15, -0.1) is 0 Å². The molecule has 122 valence electrons. The SMILES string of the molecule is Nc1nccc[nH+]1.O=C([O-])c1c(Cl)c(Cl)c(Cl)c(Cl)c1C(=O)O. The second-order valence-electron chi connectivity index (χ2n) is 3.77. The average molecular weight is 399 g/mol. The maximum atomic E-state index is 10.8. The molecule has 0 aliphatic rings. The quantitative estimate of drug-likeness (QED) is 0.586. The summed E-state index contributed by atoms with van der Waals surface area (Å²) in [6.45, 7) is 0. The number of benzene rings is 1. The van der Waals surface area contributed by atoms with Crippen molar-refractivity contribution >= 4 is 64.3 Å². The number of halogens is 4. The molecule has 11 heteroatoms. The van der Waals surface area contributed by atoms with Crippen LogP contribution in [0.5, 0.6) is 0 Å². The highest BCUT2D eigenvalue weighted by molar-refractivity contribution is 6.53. The van der Waals surface area contributed by atoms with Crippen molar-refractivity contribution in [3.05, 3.63) is 49.7 Å². The highest BCUT2D eigenvalue weighted by Gasteiger charge is 2.25. The summed E-state index contributed by atoms with van der Waals surface area (Å²) >= 11 is 22.3. The number of aromatic nitrogens is 2. The lowest BCUT2D eigenvalue weighted by molar-refractivity contribution is -0.364. The van der Waals surface area contributed by atoms with E-state index in [0.717, 1.165) is 0 Å². The van der Waals surface area contributed by atoms with Crippen molar-refractivity contribution in [1.82, 2.24) is 4.98 Å². The number of aromatic carboxylic acids is 2. The molecule has 0 saturated heterocycles. The number of aromatic amines is 1. The molecule has 0 spiro atoms. The molecule has 0 saturated carbocycles. The molecule has 2 aromatic rings. The largest absolute Gasteiger partial charge is 0.545 e. The minimum atomic E-state index is -1.80.